The van der Waals surface area contributed by atoms with Crippen LogP contribution in [0.2, 0.25) is 0 Å². The maximum Gasteiger partial charge on any atom is 0.264 e. The minimum atomic E-state index is -3.71. The lowest BCUT2D eigenvalue weighted by Gasteiger charge is -2.07. The van der Waals surface area contributed by atoms with Gasteiger partial charge >= 0.3 is 0 Å². The molecule has 0 spiro atoms. The van der Waals surface area contributed by atoms with E-state index in [2.05, 4.69) is 10.1 Å². The number of sulfonamides is 1. The number of aromatic nitrogens is 2. The minimum Gasteiger partial charge on any atom is -0.484 e. The molecule has 1 aliphatic carbocycles. The molecular formula is C13H15N3O4S. The lowest BCUT2D eigenvalue weighted by Crippen LogP contribution is -2.13. The van der Waals surface area contributed by atoms with Crippen molar-refractivity contribution in [3.8, 4) is 5.75 Å². The number of ether oxygens (including phenoxy) is 1. The Morgan fingerprint density at radius 1 is 1.43 bits per heavy atom. The van der Waals surface area contributed by atoms with Gasteiger partial charge in [-0.25, -0.2) is 13.6 Å². The Labute approximate surface area is 122 Å². The molecule has 0 atom stereocenters. The van der Waals surface area contributed by atoms with Crippen molar-refractivity contribution in [3.63, 3.8) is 0 Å². The van der Waals surface area contributed by atoms with Crippen LogP contribution in [0.5, 0.6) is 5.75 Å². The molecule has 7 nitrogen and oxygen atoms in total. The Kier molecular flexibility index (Phi) is 3.42. The third kappa shape index (κ3) is 3.22. The van der Waals surface area contributed by atoms with Gasteiger partial charge in [0.2, 0.25) is 10.0 Å². The molecule has 1 fully saturated rings. The summed E-state index contributed by atoms with van der Waals surface area (Å²) in [5.74, 6) is 2.09. The summed E-state index contributed by atoms with van der Waals surface area (Å²) in [5.41, 5.74) is 0.527. The maximum atomic E-state index is 11.3. The summed E-state index contributed by atoms with van der Waals surface area (Å²) in [5, 5.41) is 9.00. The summed E-state index contributed by atoms with van der Waals surface area (Å²) in [6.07, 6.45) is 2.21. The van der Waals surface area contributed by atoms with Gasteiger partial charge in [-0.2, -0.15) is 4.98 Å². The van der Waals surface area contributed by atoms with Gasteiger partial charge in [0.05, 0.1) is 4.90 Å². The zero-order valence-corrected chi connectivity index (χ0v) is 12.3. The lowest BCUT2D eigenvalue weighted by atomic mass is 10.2. The molecule has 2 aromatic rings. The van der Waals surface area contributed by atoms with E-state index < -0.39 is 10.0 Å². The van der Waals surface area contributed by atoms with Crippen molar-refractivity contribution >= 4 is 10.0 Å². The van der Waals surface area contributed by atoms with Crippen LogP contribution in [0, 0.1) is 6.92 Å². The van der Waals surface area contributed by atoms with Crippen LogP contribution in [-0.2, 0) is 16.6 Å². The van der Waals surface area contributed by atoms with Crippen LogP contribution in [0.3, 0.4) is 0 Å². The normalized spacial score (nSPS) is 15.1. The van der Waals surface area contributed by atoms with Gasteiger partial charge in [-0.1, -0.05) is 5.16 Å². The van der Waals surface area contributed by atoms with Gasteiger partial charge in [0.1, 0.15) is 5.75 Å². The van der Waals surface area contributed by atoms with Gasteiger partial charge in [0, 0.05) is 5.92 Å². The molecule has 2 N–H and O–H groups in total. The Morgan fingerprint density at radius 3 is 2.81 bits per heavy atom. The highest BCUT2D eigenvalue weighted by Gasteiger charge is 2.28. The molecule has 1 aliphatic rings. The molecule has 3 rings (SSSR count). The molecule has 112 valence electrons. The first kappa shape index (κ1) is 14.0. The number of hydrogen-bond donors (Lipinski definition) is 1. The second-order valence-electron chi connectivity index (χ2n) is 5.08. The predicted molar refractivity (Wildman–Crippen MR) is 73.2 cm³/mol. The van der Waals surface area contributed by atoms with Gasteiger partial charge < -0.3 is 9.26 Å². The SMILES string of the molecule is Cc1cc(OCc2nc(C3CC3)no2)ccc1S(N)(=O)=O. The Morgan fingerprint density at radius 2 is 2.19 bits per heavy atom. The highest BCUT2D eigenvalue weighted by molar-refractivity contribution is 7.89. The van der Waals surface area contributed by atoms with Crippen LogP contribution in [-0.4, -0.2) is 18.6 Å². The number of nitrogens with zero attached hydrogens (tertiary/aromatic N) is 2. The zero-order valence-electron chi connectivity index (χ0n) is 11.4. The minimum absolute atomic E-state index is 0.0867. The quantitative estimate of drug-likeness (QED) is 0.896. The summed E-state index contributed by atoms with van der Waals surface area (Å²) in [4.78, 5) is 4.33. The van der Waals surface area contributed by atoms with Crippen molar-refractivity contribution in [3.05, 3.63) is 35.5 Å². The van der Waals surface area contributed by atoms with Crippen LogP contribution in [0.25, 0.3) is 0 Å². The van der Waals surface area contributed by atoms with Gasteiger partial charge in [0.15, 0.2) is 12.4 Å². The molecule has 1 aromatic heterocycles. The highest BCUT2D eigenvalue weighted by Crippen LogP contribution is 2.38. The molecule has 21 heavy (non-hydrogen) atoms. The van der Waals surface area contributed by atoms with E-state index in [-0.39, 0.29) is 11.5 Å². The van der Waals surface area contributed by atoms with E-state index in [1.165, 1.54) is 6.07 Å². The molecule has 0 radical (unpaired) electrons. The Bertz CT molecular complexity index is 765. The molecule has 1 saturated carbocycles. The molecule has 1 aromatic carbocycles. The standard InChI is InChI=1S/C13H15N3O4S/c1-8-6-10(4-5-11(8)21(14,17)18)19-7-12-15-13(16-20-12)9-2-3-9/h4-6,9H,2-3,7H2,1H3,(H2,14,17,18). The van der Waals surface area contributed by atoms with E-state index in [1.54, 1.807) is 19.1 Å². The summed E-state index contributed by atoms with van der Waals surface area (Å²) in [6, 6.07) is 4.58. The van der Waals surface area contributed by atoms with Crippen LogP contribution in [0.15, 0.2) is 27.6 Å². The second-order valence-corrected chi connectivity index (χ2v) is 6.61. The van der Waals surface area contributed by atoms with Crippen molar-refractivity contribution in [2.45, 2.75) is 37.2 Å². The van der Waals surface area contributed by atoms with E-state index in [9.17, 15) is 8.42 Å². The third-order valence-electron chi connectivity index (χ3n) is 3.24. The van der Waals surface area contributed by atoms with Crippen molar-refractivity contribution in [2.75, 3.05) is 0 Å². The number of nitrogens with two attached hydrogens (primary N) is 1. The van der Waals surface area contributed by atoms with Crippen LogP contribution in [0.1, 0.15) is 36.0 Å². The first-order valence-electron chi connectivity index (χ1n) is 6.52. The summed E-state index contributed by atoms with van der Waals surface area (Å²) >= 11 is 0. The number of primary sulfonamides is 1. The van der Waals surface area contributed by atoms with E-state index in [4.69, 9.17) is 14.4 Å². The molecular weight excluding hydrogens is 294 g/mol. The number of aryl methyl sites for hydroxylation is 1. The van der Waals surface area contributed by atoms with E-state index >= 15 is 0 Å². The van der Waals surface area contributed by atoms with Crippen molar-refractivity contribution < 1.29 is 17.7 Å². The van der Waals surface area contributed by atoms with Crippen molar-refractivity contribution in [1.29, 1.82) is 0 Å². The predicted octanol–water partition coefficient (Wildman–Crippen LogP) is 1.48. The second kappa shape index (κ2) is 5.12. The zero-order chi connectivity index (χ0) is 15.0. The molecule has 0 aliphatic heterocycles. The van der Waals surface area contributed by atoms with Crippen molar-refractivity contribution in [2.24, 2.45) is 5.14 Å². The summed E-state index contributed by atoms with van der Waals surface area (Å²) in [6.45, 7) is 1.80. The summed E-state index contributed by atoms with van der Waals surface area (Å²) in [7, 11) is -3.71. The van der Waals surface area contributed by atoms with Gasteiger partial charge in [-0.3, -0.25) is 0 Å². The van der Waals surface area contributed by atoms with E-state index in [0.29, 0.717) is 23.1 Å². The summed E-state index contributed by atoms with van der Waals surface area (Å²) < 4.78 is 33.3. The Hall–Kier alpha value is -1.93. The Balaban J connectivity index is 1.68. The number of rotatable bonds is 5. The molecule has 0 bridgehead atoms. The molecule has 0 unspecified atom stereocenters. The largest absolute Gasteiger partial charge is 0.484 e. The average Bonchev–Trinajstić information content (AvgIpc) is 3.14. The number of hydrogen-bond acceptors (Lipinski definition) is 6. The van der Waals surface area contributed by atoms with Gasteiger partial charge in [0.25, 0.3) is 5.89 Å². The smallest absolute Gasteiger partial charge is 0.264 e. The highest BCUT2D eigenvalue weighted by atomic mass is 32.2. The van der Waals surface area contributed by atoms with Crippen LogP contribution < -0.4 is 9.88 Å². The molecule has 1 heterocycles. The fourth-order valence-corrected chi connectivity index (χ4v) is 2.78. The van der Waals surface area contributed by atoms with Crippen LogP contribution in [0.4, 0.5) is 0 Å². The maximum absolute atomic E-state index is 11.3. The molecule has 8 heteroatoms. The average molecular weight is 309 g/mol. The lowest BCUT2D eigenvalue weighted by molar-refractivity contribution is 0.242. The van der Waals surface area contributed by atoms with Crippen LogP contribution >= 0.6 is 0 Å². The first-order valence-corrected chi connectivity index (χ1v) is 8.07. The first-order chi connectivity index (χ1) is 9.93. The number of benzene rings is 1. The fraction of sp³-hybridized carbons (Fsp3) is 0.385. The van der Waals surface area contributed by atoms with Gasteiger partial charge in [-0.05, 0) is 43.5 Å². The van der Waals surface area contributed by atoms with E-state index in [0.717, 1.165) is 18.7 Å². The van der Waals surface area contributed by atoms with E-state index in [1.807, 2.05) is 0 Å². The van der Waals surface area contributed by atoms with Crippen molar-refractivity contribution in [1.82, 2.24) is 10.1 Å². The van der Waals surface area contributed by atoms with Gasteiger partial charge in [-0.15, -0.1) is 0 Å². The molecule has 0 amide bonds. The topological polar surface area (TPSA) is 108 Å². The third-order valence-corrected chi connectivity index (χ3v) is 4.31. The monoisotopic (exact) mass is 309 g/mol. The molecule has 0 saturated heterocycles. The fourth-order valence-electron chi connectivity index (χ4n) is 2.01.